The summed E-state index contributed by atoms with van der Waals surface area (Å²) in [7, 11) is 0. The fraction of sp³-hybridized carbons (Fsp3) is 0.353. The number of pyridine rings is 1. The van der Waals surface area contributed by atoms with E-state index in [1.807, 2.05) is 30.5 Å². The van der Waals surface area contributed by atoms with Crippen LogP contribution in [0, 0.1) is 0 Å². The van der Waals surface area contributed by atoms with Crippen LogP contribution in [-0.4, -0.2) is 39.0 Å². The summed E-state index contributed by atoms with van der Waals surface area (Å²) in [5.41, 5.74) is 8.97. The van der Waals surface area contributed by atoms with Crippen molar-refractivity contribution in [3.8, 4) is 0 Å². The van der Waals surface area contributed by atoms with E-state index in [0.29, 0.717) is 5.95 Å². The summed E-state index contributed by atoms with van der Waals surface area (Å²) in [6, 6.07) is 8.27. The molecule has 7 nitrogen and oxygen atoms in total. The minimum atomic E-state index is 0.192. The molecule has 4 rings (SSSR count). The molecule has 1 saturated heterocycles. The van der Waals surface area contributed by atoms with Crippen molar-refractivity contribution in [3.63, 3.8) is 0 Å². The number of aromatic nitrogens is 4. The van der Waals surface area contributed by atoms with E-state index < -0.39 is 0 Å². The van der Waals surface area contributed by atoms with Gasteiger partial charge in [0.05, 0.1) is 17.9 Å². The van der Waals surface area contributed by atoms with Crippen LogP contribution in [-0.2, 0) is 6.42 Å². The van der Waals surface area contributed by atoms with Crippen molar-refractivity contribution in [1.82, 2.24) is 24.7 Å². The normalized spacial score (nSPS) is 18.2. The molecular formula is C17H21N7. The molecule has 1 atom stereocenters. The van der Waals surface area contributed by atoms with Crippen molar-refractivity contribution >= 4 is 17.4 Å². The smallest absolute Gasteiger partial charge is 0.222 e. The average Bonchev–Trinajstić information content (AvgIpc) is 3.05. The van der Waals surface area contributed by atoms with Gasteiger partial charge in [-0.15, -0.1) is 0 Å². The van der Waals surface area contributed by atoms with Crippen LogP contribution in [0.15, 0.2) is 36.7 Å². The number of anilines is 2. The predicted molar refractivity (Wildman–Crippen MR) is 94.0 cm³/mol. The van der Waals surface area contributed by atoms with E-state index in [-0.39, 0.29) is 6.04 Å². The molecule has 0 bridgehead atoms. The molecule has 1 unspecified atom stereocenters. The minimum Gasteiger partial charge on any atom is -0.368 e. The van der Waals surface area contributed by atoms with Crippen LogP contribution < -0.4 is 16.0 Å². The molecule has 4 heterocycles. The Morgan fingerprint density at radius 2 is 2.25 bits per heavy atom. The molecule has 124 valence electrons. The third-order valence-electron chi connectivity index (χ3n) is 4.45. The van der Waals surface area contributed by atoms with Crippen LogP contribution >= 0.6 is 0 Å². The Morgan fingerprint density at radius 3 is 3.12 bits per heavy atom. The number of aryl methyl sites for hydroxylation is 1. The van der Waals surface area contributed by atoms with E-state index in [4.69, 9.17) is 5.73 Å². The number of nitrogen functional groups attached to an aromatic ring is 1. The number of hydrogen-bond donors (Lipinski definition) is 2. The van der Waals surface area contributed by atoms with Crippen molar-refractivity contribution in [2.75, 3.05) is 30.3 Å². The molecule has 1 aliphatic heterocycles. The van der Waals surface area contributed by atoms with Gasteiger partial charge in [-0.3, -0.25) is 0 Å². The van der Waals surface area contributed by atoms with Gasteiger partial charge in [0.25, 0.3) is 0 Å². The molecule has 1 fully saturated rings. The van der Waals surface area contributed by atoms with E-state index in [0.717, 1.165) is 48.9 Å². The summed E-state index contributed by atoms with van der Waals surface area (Å²) in [6.07, 6.45) is 4.85. The standard InChI is InChI=1S/C17H21N7/c1-2-12-9-16(22-17(18)21-12)23-8-6-19-13(11-23)14-10-20-15-5-3-4-7-24(14)15/h3-5,7,9-10,13,19H,2,6,8,11H2,1H3,(H2,18,21,22). The fourth-order valence-electron chi connectivity index (χ4n) is 3.21. The quantitative estimate of drug-likeness (QED) is 0.758. The lowest BCUT2D eigenvalue weighted by Crippen LogP contribution is -2.46. The highest BCUT2D eigenvalue weighted by molar-refractivity contribution is 5.46. The maximum absolute atomic E-state index is 5.87. The van der Waals surface area contributed by atoms with Crippen molar-refractivity contribution in [2.45, 2.75) is 19.4 Å². The van der Waals surface area contributed by atoms with Gasteiger partial charge in [0.2, 0.25) is 5.95 Å². The second-order valence-electron chi connectivity index (χ2n) is 5.99. The SMILES string of the molecule is CCc1cc(N2CCNC(c3cnc4ccccn34)C2)nc(N)n1. The lowest BCUT2D eigenvalue weighted by molar-refractivity contribution is 0.459. The molecule has 0 spiro atoms. The van der Waals surface area contributed by atoms with E-state index in [2.05, 4.69) is 42.7 Å². The lowest BCUT2D eigenvalue weighted by Gasteiger charge is -2.34. The highest BCUT2D eigenvalue weighted by Crippen LogP contribution is 2.23. The van der Waals surface area contributed by atoms with Gasteiger partial charge >= 0.3 is 0 Å². The van der Waals surface area contributed by atoms with Crippen molar-refractivity contribution in [2.24, 2.45) is 0 Å². The number of piperazine rings is 1. The van der Waals surface area contributed by atoms with Gasteiger partial charge in [0.1, 0.15) is 11.5 Å². The number of nitrogens with one attached hydrogen (secondary N) is 1. The average molecular weight is 323 g/mol. The summed E-state index contributed by atoms with van der Waals surface area (Å²) in [5, 5.41) is 3.58. The van der Waals surface area contributed by atoms with Crippen LogP contribution in [0.5, 0.6) is 0 Å². The lowest BCUT2D eigenvalue weighted by atomic mass is 10.1. The first kappa shape index (κ1) is 14.9. The van der Waals surface area contributed by atoms with Crippen LogP contribution in [0.2, 0.25) is 0 Å². The molecule has 3 N–H and O–H groups in total. The molecule has 0 aromatic carbocycles. The van der Waals surface area contributed by atoms with Crippen molar-refractivity contribution < 1.29 is 0 Å². The Morgan fingerprint density at radius 1 is 1.33 bits per heavy atom. The molecule has 0 amide bonds. The molecular weight excluding hydrogens is 302 g/mol. The van der Waals surface area contributed by atoms with Gasteiger partial charge < -0.3 is 20.4 Å². The van der Waals surface area contributed by atoms with Gasteiger partial charge in [-0.25, -0.2) is 9.97 Å². The van der Waals surface area contributed by atoms with E-state index in [1.165, 1.54) is 0 Å². The molecule has 1 aliphatic rings. The minimum absolute atomic E-state index is 0.192. The predicted octanol–water partition coefficient (Wildman–Crippen LogP) is 1.42. The molecule has 0 radical (unpaired) electrons. The molecule has 0 saturated carbocycles. The Balaban J connectivity index is 1.63. The zero-order valence-electron chi connectivity index (χ0n) is 13.7. The largest absolute Gasteiger partial charge is 0.368 e. The van der Waals surface area contributed by atoms with E-state index >= 15 is 0 Å². The third kappa shape index (κ3) is 2.67. The number of nitrogens with two attached hydrogens (primary N) is 1. The second kappa shape index (κ2) is 6.09. The summed E-state index contributed by atoms with van der Waals surface area (Å²) < 4.78 is 2.13. The Bertz CT molecular complexity index is 857. The summed E-state index contributed by atoms with van der Waals surface area (Å²) >= 11 is 0. The summed E-state index contributed by atoms with van der Waals surface area (Å²) in [4.78, 5) is 15.4. The van der Waals surface area contributed by atoms with Crippen LogP contribution in [0.25, 0.3) is 5.65 Å². The maximum atomic E-state index is 5.87. The second-order valence-corrected chi connectivity index (χ2v) is 5.99. The maximum Gasteiger partial charge on any atom is 0.222 e. The Labute approximate surface area is 140 Å². The van der Waals surface area contributed by atoms with E-state index in [9.17, 15) is 0 Å². The third-order valence-corrected chi connectivity index (χ3v) is 4.45. The summed E-state index contributed by atoms with van der Waals surface area (Å²) in [6.45, 7) is 4.68. The first-order valence-corrected chi connectivity index (χ1v) is 8.28. The van der Waals surface area contributed by atoms with Crippen LogP contribution in [0.1, 0.15) is 24.4 Å². The monoisotopic (exact) mass is 323 g/mol. The van der Waals surface area contributed by atoms with Gasteiger partial charge in [-0.2, -0.15) is 4.98 Å². The van der Waals surface area contributed by atoms with Gasteiger partial charge in [-0.05, 0) is 18.6 Å². The number of imidazole rings is 1. The molecule has 0 aliphatic carbocycles. The number of hydrogen-bond acceptors (Lipinski definition) is 6. The van der Waals surface area contributed by atoms with Crippen LogP contribution in [0.3, 0.4) is 0 Å². The highest BCUT2D eigenvalue weighted by Gasteiger charge is 2.24. The zero-order valence-corrected chi connectivity index (χ0v) is 13.7. The van der Waals surface area contributed by atoms with Crippen molar-refractivity contribution in [3.05, 3.63) is 48.0 Å². The molecule has 3 aromatic rings. The molecule has 3 aromatic heterocycles. The Kier molecular flexibility index (Phi) is 3.78. The Hall–Kier alpha value is -2.67. The number of nitrogens with zero attached hydrogens (tertiary/aromatic N) is 5. The molecule has 24 heavy (non-hydrogen) atoms. The highest BCUT2D eigenvalue weighted by atomic mass is 15.3. The fourth-order valence-corrected chi connectivity index (χ4v) is 3.21. The van der Waals surface area contributed by atoms with E-state index in [1.54, 1.807) is 0 Å². The first-order valence-electron chi connectivity index (χ1n) is 8.28. The van der Waals surface area contributed by atoms with Gasteiger partial charge in [0, 0.05) is 37.6 Å². The first-order chi connectivity index (χ1) is 11.7. The van der Waals surface area contributed by atoms with Crippen LogP contribution in [0.4, 0.5) is 11.8 Å². The number of rotatable bonds is 3. The number of fused-ring (bicyclic) bond motifs is 1. The zero-order chi connectivity index (χ0) is 16.5. The van der Waals surface area contributed by atoms with Crippen molar-refractivity contribution in [1.29, 1.82) is 0 Å². The molecule has 7 heteroatoms. The van der Waals surface area contributed by atoms with Gasteiger partial charge in [-0.1, -0.05) is 13.0 Å². The topological polar surface area (TPSA) is 84.4 Å². The van der Waals surface area contributed by atoms with Gasteiger partial charge in [0.15, 0.2) is 0 Å². The summed E-state index contributed by atoms with van der Waals surface area (Å²) in [5.74, 6) is 1.24.